The Hall–Kier alpha value is -1.93. The van der Waals surface area contributed by atoms with Crippen molar-refractivity contribution in [2.45, 2.75) is 13.0 Å². The highest BCUT2D eigenvalue weighted by Crippen LogP contribution is 2.14. The summed E-state index contributed by atoms with van der Waals surface area (Å²) in [7, 11) is 1.14. The predicted octanol–water partition coefficient (Wildman–Crippen LogP) is -0.564. The van der Waals surface area contributed by atoms with Crippen molar-refractivity contribution in [2.24, 2.45) is 0 Å². The van der Waals surface area contributed by atoms with E-state index in [2.05, 4.69) is 15.4 Å². The fraction of sp³-hybridized carbons (Fsp3) is 0.417. The molecule has 7 nitrogen and oxygen atoms in total. The lowest BCUT2D eigenvalue weighted by Crippen LogP contribution is -2.42. The number of hydrogen-bond donors (Lipinski definition) is 3. The predicted molar refractivity (Wildman–Crippen MR) is 72.4 cm³/mol. The molecule has 0 aliphatic carbocycles. The van der Waals surface area contributed by atoms with Crippen LogP contribution in [0.4, 0.5) is 0 Å². The number of esters is 1. The van der Waals surface area contributed by atoms with Crippen molar-refractivity contribution in [1.29, 1.82) is 0 Å². The second kappa shape index (κ2) is 7.61. The first-order valence-electron chi connectivity index (χ1n) is 5.81. The second-order valence-electron chi connectivity index (χ2n) is 3.94. The first-order chi connectivity index (χ1) is 9.43. The zero-order valence-electron chi connectivity index (χ0n) is 11.1. The van der Waals surface area contributed by atoms with E-state index in [0.717, 1.165) is 12.0 Å². The molecule has 3 N–H and O–H groups in total. The molecule has 1 atom stereocenters. The standard InChI is InChI=1S/C12H16N2O5S/c1-7-3-4-9(20-7)11(17)14-6-10(16)13-5-8(15)12(18)19-2/h3-4,8,15H,5-6H2,1-2H3,(H,13,16)(H,14,17). The molecule has 1 rings (SSSR count). The van der Waals surface area contributed by atoms with E-state index < -0.39 is 18.0 Å². The SMILES string of the molecule is COC(=O)C(O)CNC(=O)CNC(=O)c1ccc(C)s1. The van der Waals surface area contributed by atoms with Crippen LogP contribution in [0, 0.1) is 6.92 Å². The third-order valence-corrected chi connectivity index (χ3v) is 3.34. The van der Waals surface area contributed by atoms with Crippen LogP contribution in [0.1, 0.15) is 14.5 Å². The van der Waals surface area contributed by atoms with Crippen molar-refractivity contribution < 1.29 is 24.2 Å². The van der Waals surface area contributed by atoms with Crippen molar-refractivity contribution in [2.75, 3.05) is 20.2 Å². The third kappa shape index (κ3) is 4.98. The van der Waals surface area contributed by atoms with E-state index in [0.29, 0.717) is 4.88 Å². The van der Waals surface area contributed by atoms with E-state index in [1.165, 1.54) is 11.3 Å². The fourth-order valence-corrected chi connectivity index (χ4v) is 2.08. The number of aryl methyl sites for hydroxylation is 1. The van der Waals surface area contributed by atoms with Crippen molar-refractivity contribution in [1.82, 2.24) is 10.6 Å². The van der Waals surface area contributed by atoms with E-state index in [9.17, 15) is 19.5 Å². The van der Waals surface area contributed by atoms with Crippen LogP contribution >= 0.6 is 11.3 Å². The first-order valence-corrected chi connectivity index (χ1v) is 6.63. The van der Waals surface area contributed by atoms with Gasteiger partial charge in [0.1, 0.15) is 0 Å². The summed E-state index contributed by atoms with van der Waals surface area (Å²) in [5.74, 6) is -1.68. The number of aliphatic hydroxyl groups excluding tert-OH is 1. The molecular weight excluding hydrogens is 284 g/mol. The summed E-state index contributed by atoms with van der Waals surface area (Å²) in [6.07, 6.45) is -1.42. The van der Waals surface area contributed by atoms with Crippen LogP contribution in [0.15, 0.2) is 12.1 Å². The first kappa shape index (κ1) is 16.1. The van der Waals surface area contributed by atoms with Crippen molar-refractivity contribution in [3.63, 3.8) is 0 Å². The van der Waals surface area contributed by atoms with E-state index in [4.69, 9.17) is 0 Å². The smallest absolute Gasteiger partial charge is 0.336 e. The molecule has 0 saturated heterocycles. The minimum Gasteiger partial charge on any atom is -0.467 e. The average molecular weight is 300 g/mol. The van der Waals surface area contributed by atoms with Gasteiger partial charge in [0.15, 0.2) is 6.10 Å². The molecule has 0 fully saturated rings. The summed E-state index contributed by atoms with van der Waals surface area (Å²) < 4.78 is 4.29. The number of thiophene rings is 1. The molecule has 1 unspecified atom stereocenters. The number of hydrogen-bond acceptors (Lipinski definition) is 6. The molecule has 8 heteroatoms. The van der Waals surface area contributed by atoms with Gasteiger partial charge in [0.25, 0.3) is 5.91 Å². The van der Waals surface area contributed by atoms with Crippen LogP contribution < -0.4 is 10.6 Å². The van der Waals surface area contributed by atoms with Crippen molar-refractivity contribution in [3.05, 3.63) is 21.9 Å². The fourth-order valence-electron chi connectivity index (χ4n) is 1.30. The van der Waals surface area contributed by atoms with Gasteiger partial charge in [-0.1, -0.05) is 0 Å². The quantitative estimate of drug-likeness (QED) is 0.611. The van der Waals surface area contributed by atoms with Gasteiger partial charge in [0.05, 0.1) is 25.1 Å². The van der Waals surface area contributed by atoms with Crippen molar-refractivity contribution >= 4 is 29.1 Å². The van der Waals surface area contributed by atoms with E-state index in [-0.39, 0.29) is 19.0 Å². The topological polar surface area (TPSA) is 105 Å². The molecule has 1 aromatic heterocycles. The molecule has 1 heterocycles. The number of carbonyl (C=O) groups is 3. The minimum atomic E-state index is -1.42. The summed E-state index contributed by atoms with van der Waals surface area (Å²) in [6.45, 7) is 1.38. The normalized spacial score (nSPS) is 11.6. The Balaban J connectivity index is 2.30. The highest BCUT2D eigenvalue weighted by atomic mass is 32.1. The molecule has 0 aliphatic heterocycles. The zero-order valence-corrected chi connectivity index (χ0v) is 12.0. The summed E-state index contributed by atoms with van der Waals surface area (Å²) in [5.41, 5.74) is 0. The van der Waals surface area contributed by atoms with E-state index in [1.807, 2.05) is 13.0 Å². The number of methoxy groups -OCH3 is 1. The van der Waals surface area contributed by atoms with Gasteiger partial charge >= 0.3 is 5.97 Å². The minimum absolute atomic E-state index is 0.232. The van der Waals surface area contributed by atoms with E-state index in [1.54, 1.807) is 6.07 Å². The summed E-state index contributed by atoms with van der Waals surface area (Å²) in [4.78, 5) is 35.5. The number of nitrogens with one attached hydrogen (secondary N) is 2. The number of carbonyl (C=O) groups excluding carboxylic acids is 3. The highest BCUT2D eigenvalue weighted by molar-refractivity contribution is 7.13. The zero-order chi connectivity index (χ0) is 15.1. The molecule has 110 valence electrons. The highest BCUT2D eigenvalue weighted by Gasteiger charge is 2.16. The van der Waals surface area contributed by atoms with Crippen LogP contribution in [0.25, 0.3) is 0 Å². The molecule has 0 bridgehead atoms. The van der Waals surface area contributed by atoms with Gasteiger partial charge < -0.3 is 20.5 Å². The number of amides is 2. The van der Waals surface area contributed by atoms with Gasteiger partial charge in [-0.15, -0.1) is 11.3 Å². The second-order valence-corrected chi connectivity index (χ2v) is 5.22. The molecule has 1 aromatic rings. The third-order valence-electron chi connectivity index (χ3n) is 2.34. The maximum absolute atomic E-state index is 11.7. The van der Waals surface area contributed by atoms with Crippen LogP contribution in [0.5, 0.6) is 0 Å². The Labute approximate surface area is 119 Å². The molecule has 0 saturated carbocycles. The summed E-state index contributed by atoms with van der Waals surface area (Å²) in [5, 5.41) is 14.0. The van der Waals surface area contributed by atoms with Crippen LogP contribution in [-0.2, 0) is 14.3 Å². The Morgan fingerprint density at radius 1 is 1.35 bits per heavy atom. The molecular formula is C12H16N2O5S. The largest absolute Gasteiger partial charge is 0.467 e. The van der Waals surface area contributed by atoms with E-state index >= 15 is 0 Å². The van der Waals surface area contributed by atoms with Crippen LogP contribution in [0.3, 0.4) is 0 Å². The Morgan fingerprint density at radius 2 is 2.05 bits per heavy atom. The maximum Gasteiger partial charge on any atom is 0.336 e. The van der Waals surface area contributed by atoms with Gasteiger partial charge in [-0.2, -0.15) is 0 Å². The number of ether oxygens (including phenoxy) is 1. The van der Waals surface area contributed by atoms with Gasteiger partial charge in [0, 0.05) is 4.88 Å². The number of rotatable bonds is 6. The molecule has 0 aliphatic rings. The number of aliphatic hydroxyl groups is 1. The molecule has 20 heavy (non-hydrogen) atoms. The maximum atomic E-state index is 11.7. The molecule has 0 spiro atoms. The monoisotopic (exact) mass is 300 g/mol. The average Bonchev–Trinajstić information content (AvgIpc) is 2.87. The van der Waals surface area contributed by atoms with Crippen LogP contribution in [-0.4, -0.2) is 49.2 Å². The van der Waals surface area contributed by atoms with Crippen molar-refractivity contribution in [3.8, 4) is 0 Å². The molecule has 0 radical (unpaired) electrons. The van der Waals surface area contributed by atoms with Crippen LogP contribution in [0.2, 0.25) is 0 Å². The summed E-state index contributed by atoms with van der Waals surface area (Å²) in [6, 6.07) is 3.49. The molecule has 0 aromatic carbocycles. The van der Waals surface area contributed by atoms with Gasteiger partial charge in [-0.25, -0.2) is 4.79 Å². The van der Waals surface area contributed by atoms with Gasteiger partial charge in [-0.3, -0.25) is 9.59 Å². The van der Waals surface area contributed by atoms with Gasteiger partial charge in [-0.05, 0) is 19.1 Å². The lowest BCUT2D eigenvalue weighted by Gasteiger charge is -2.10. The van der Waals surface area contributed by atoms with Gasteiger partial charge in [0.2, 0.25) is 5.91 Å². The Kier molecular flexibility index (Phi) is 6.13. The Morgan fingerprint density at radius 3 is 2.60 bits per heavy atom. The Bertz CT molecular complexity index is 500. The summed E-state index contributed by atoms with van der Waals surface area (Å²) >= 11 is 1.33. The lowest BCUT2D eigenvalue weighted by molar-refractivity contribution is -0.150. The molecule has 2 amide bonds. The lowest BCUT2D eigenvalue weighted by atomic mass is 10.3.